The van der Waals surface area contributed by atoms with Crippen LogP contribution in [0.5, 0.6) is 0 Å². The van der Waals surface area contributed by atoms with Crippen molar-refractivity contribution in [3.63, 3.8) is 0 Å². The van der Waals surface area contributed by atoms with Crippen molar-refractivity contribution in [2.75, 3.05) is 13.1 Å². The minimum Gasteiger partial charge on any atom is -0.370 e. The van der Waals surface area contributed by atoms with Crippen LogP contribution in [0.4, 0.5) is 0 Å². The number of piperidine rings is 1. The molecule has 1 unspecified atom stereocenters. The maximum atomic E-state index is 11.1. The molecule has 0 aromatic heterocycles. The van der Waals surface area contributed by atoms with Crippen molar-refractivity contribution in [1.82, 2.24) is 10.6 Å². The summed E-state index contributed by atoms with van der Waals surface area (Å²) < 4.78 is 0. The third-order valence-corrected chi connectivity index (χ3v) is 2.23. The van der Waals surface area contributed by atoms with Gasteiger partial charge >= 0.3 is 0 Å². The fourth-order valence-electron chi connectivity index (χ4n) is 1.46. The standard InChI is InChI=1S/C10H18N4O.HI/c1-2-6-12-10(11)13-7-8-4-3-5-9(15)14-8;/h2,8H,1,3-7H2,(H,14,15)(H3,11,12,13);1H. The molecule has 1 atom stereocenters. The molecule has 0 aliphatic carbocycles. The predicted molar refractivity (Wildman–Crippen MR) is 75.9 cm³/mol. The average molecular weight is 338 g/mol. The Morgan fingerprint density at radius 2 is 2.50 bits per heavy atom. The molecule has 4 N–H and O–H groups in total. The average Bonchev–Trinajstić information content (AvgIpc) is 2.23. The number of nitrogens with two attached hydrogens (primary N) is 1. The summed E-state index contributed by atoms with van der Waals surface area (Å²) in [4.78, 5) is 15.2. The third kappa shape index (κ3) is 5.94. The molecule has 1 aliphatic rings. The summed E-state index contributed by atoms with van der Waals surface area (Å²) >= 11 is 0. The number of rotatable bonds is 4. The van der Waals surface area contributed by atoms with E-state index in [0.717, 1.165) is 12.8 Å². The van der Waals surface area contributed by atoms with E-state index in [4.69, 9.17) is 5.73 Å². The Morgan fingerprint density at radius 1 is 1.75 bits per heavy atom. The lowest BCUT2D eigenvalue weighted by Crippen LogP contribution is -2.41. The number of halogens is 1. The highest BCUT2D eigenvalue weighted by molar-refractivity contribution is 14.0. The van der Waals surface area contributed by atoms with Crippen molar-refractivity contribution in [3.05, 3.63) is 12.7 Å². The topological polar surface area (TPSA) is 79.5 Å². The summed E-state index contributed by atoms with van der Waals surface area (Å²) in [6, 6.07) is 0.135. The lowest BCUT2D eigenvalue weighted by atomic mass is 10.0. The first-order valence-electron chi connectivity index (χ1n) is 5.16. The molecular formula is C10H19IN4O. The van der Waals surface area contributed by atoms with Crippen LogP contribution in [-0.4, -0.2) is 31.0 Å². The van der Waals surface area contributed by atoms with Gasteiger partial charge in [-0.15, -0.1) is 30.6 Å². The van der Waals surface area contributed by atoms with Crippen LogP contribution >= 0.6 is 24.0 Å². The molecule has 0 radical (unpaired) electrons. The number of aliphatic imine (C=N–C) groups is 1. The molecule has 0 bridgehead atoms. The van der Waals surface area contributed by atoms with Crippen molar-refractivity contribution in [1.29, 1.82) is 0 Å². The van der Waals surface area contributed by atoms with Crippen molar-refractivity contribution < 1.29 is 4.79 Å². The van der Waals surface area contributed by atoms with Crippen LogP contribution in [0, 0.1) is 0 Å². The van der Waals surface area contributed by atoms with Crippen LogP contribution in [0.25, 0.3) is 0 Å². The summed E-state index contributed by atoms with van der Waals surface area (Å²) in [5.41, 5.74) is 5.59. The molecular weight excluding hydrogens is 319 g/mol. The SMILES string of the molecule is C=CCNC(N)=NCC1CCCC(=O)N1.I. The second-order valence-corrected chi connectivity index (χ2v) is 3.55. The molecule has 1 amide bonds. The number of amides is 1. The fourth-order valence-corrected chi connectivity index (χ4v) is 1.46. The summed E-state index contributed by atoms with van der Waals surface area (Å²) in [6.45, 7) is 4.71. The molecule has 0 aromatic rings. The highest BCUT2D eigenvalue weighted by atomic mass is 127. The van der Waals surface area contributed by atoms with Crippen molar-refractivity contribution in [2.24, 2.45) is 10.7 Å². The van der Waals surface area contributed by atoms with Gasteiger partial charge in [0.2, 0.25) is 5.91 Å². The summed E-state index contributed by atoms with van der Waals surface area (Å²) in [6.07, 6.45) is 4.26. The quantitative estimate of drug-likeness (QED) is 0.300. The molecule has 1 aliphatic heterocycles. The Hall–Kier alpha value is -0.790. The smallest absolute Gasteiger partial charge is 0.220 e. The van der Waals surface area contributed by atoms with Crippen LogP contribution in [0.15, 0.2) is 17.6 Å². The van der Waals surface area contributed by atoms with E-state index in [9.17, 15) is 4.79 Å². The lowest BCUT2D eigenvalue weighted by Gasteiger charge is -2.21. The van der Waals surface area contributed by atoms with Crippen molar-refractivity contribution in [2.45, 2.75) is 25.3 Å². The minimum atomic E-state index is 0. The second kappa shape index (κ2) is 8.37. The molecule has 0 saturated carbocycles. The van der Waals surface area contributed by atoms with E-state index in [1.54, 1.807) is 6.08 Å². The van der Waals surface area contributed by atoms with E-state index < -0.39 is 0 Å². The highest BCUT2D eigenvalue weighted by Crippen LogP contribution is 2.07. The minimum absolute atomic E-state index is 0. The Labute approximate surface area is 113 Å². The van der Waals surface area contributed by atoms with Gasteiger partial charge in [-0.1, -0.05) is 6.08 Å². The zero-order valence-electron chi connectivity index (χ0n) is 9.24. The highest BCUT2D eigenvalue weighted by Gasteiger charge is 2.17. The van der Waals surface area contributed by atoms with E-state index >= 15 is 0 Å². The van der Waals surface area contributed by atoms with Crippen LogP contribution in [0.2, 0.25) is 0 Å². The van der Waals surface area contributed by atoms with Crippen molar-refractivity contribution in [3.8, 4) is 0 Å². The predicted octanol–water partition coefficient (Wildman–Crippen LogP) is 0.363. The maximum absolute atomic E-state index is 11.1. The Balaban J connectivity index is 0.00000225. The number of carbonyl (C=O) groups excluding carboxylic acids is 1. The van der Waals surface area contributed by atoms with E-state index in [1.165, 1.54) is 0 Å². The first-order chi connectivity index (χ1) is 7.22. The number of nitrogens with zero attached hydrogens (tertiary/aromatic N) is 1. The summed E-state index contributed by atoms with van der Waals surface area (Å²) in [7, 11) is 0. The molecule has 1 heterocycles. The number of nitrogens with one attached hydrogen (secondary N) is 2. The molecule has 0 aromatic carbocycles. The van der Waals surface area contributed by atoms with E-state index in [0.29, 0.717) is 25.5 Å². The molecule has 1 fully saturated rings. The molecule has 6 heteroatoms. The van der Waals surface area contributed by atoms with Gasteiger partial charge in [-0.3, -0.25) is 9.79 Å². The lowest BCUT2D eigenvalue weighted by molar-refractivity contribution is -0.123. The van der Waals surface area contributed by atoms with Gasteiger partial charge in [0.1, 0.15) is 0 Å². The van der Waals surface area contributed by atoms with Crippen molar-refractivity contribution >= 4 is 35.8 Å². The maximum Gasteiger partial charge on any atom is 0.220 e. The van der Waals surface area contributed by atoms with Gasteiger partial charge in [-0.05, 0) is 12.8 Å². The Kier molecular flexibility index (Phi) is 7.96. The summed E-state index contributed by atoms with van der Waals surface area (Å²) in [5.74, 6) is 0.508. The zero-order valence-corrected chi connectivity index (χ0v) is 11.6. The van der Waals surface area contributed by atoms with Gasteiger partial charge in [0.25, 0.3) is 0 Å². The Bertz CT molecular complexity index is 268. The first-order valence-corrected chi connectivity index (χ1v) is 5.16. The first kappa shape index (κ1) is 15.2. The molecule has 1 rings (SSSR count). The van der Waals surface area contributed by atoms with E-state index in [1.807, 2.05) is 0 Å². The molecule has 92 valence electrons. The number of carbonyl (C=O) groups is 1. The van der Waals surface area contributed by atoms with Crippen LogP contribution < -0.4 is 16.4 Å². The largest absolute Gasteiger partial charge is 0.370 e. The van der Waals surface area contributed by atoms with Gasteiger partial charge in [0.15, 0.2) is 5.96 Å². The fraction of sp³-hybridized carbons (Fsp3) is 0.600. The van der Waals surface area contributed by atoms with Gasteiger partial charge in [-0.25, -0.2) is 0 Å². The summed E-state index contributed by atoms with van der Waals surface area (Å²) in [5, 5.41) is 5.76. The Morgan fingerprint density at radius 3 is 3.12 bits per heavy atom. The van der Waals surface area contributed by atoms with Gasteiger partial charge in [0.05, 0.1) is 6.54 Å². The van der Waals surface area contributed by atoms with Gasteiger partial charge < -0.3 is 16.4 Å². The van der Waals surface area contributed by atoms with Gasteiger partial charge in [-0.2, -0.15) is 0 Å². The van der Waals surface area contributed by atoms with Crippen LogP contribution in [0.3, 0.4) is 0 Å². The molecule has 0 spiro atoms. The molecule has 1 saturated heterocycles. The van der Waals surface area contributed by atoms with E-state index in [-0.39, 0.29) is 35.9 Å². The zero-order chi connectivity index (χ0) is 11.1. The normalized spacial score (nSPS) is 20.6. The molecule has 5 nitrogen and oxygen atoms in total. The van der Waals surface area contributed by atoms with Gasteiger partial charge in [0, 0.05) is 19.0 Å². The second-order valence-electron chi connectivity index (χ2n) is 3.55. The number of hydrogen-bond donors (Lipinski definition) is 3. The van der Waals surface area contributed by atoms with Crippen LogP contribution in [-0.2, 0) is 4.79 Å². The number of hydrogen-bond acceptors (Lipinski definition) is 2. The van der Waals surface area contributed by atoms with E-state index in [2.05, 4.69) is 22.2 Å². The van der Waals surface area contributed by atoms with Crippen LogP contribution in [0.1, 0.15) is 19.3 Å². The molecule has 16 heavy (non-hydrogen) atoms. The third-order valence-electron chi connectivity index (χ3n) is 2.23. The number of guanidine groups is 1. The monoisotopic (exact) mass is 338 g/mol.